The molecule has 9 heteroatoms. The molecule has 0 saturated carbocycles. The van der Waals surface area contributed by atoms with Gasteiger partial charge in [0.2, 0.25) is 0 Å². The molecular formula is C16H19ClFNO5S. The zero-order valence-corrected chi connectivity index (χ0v) is 15.3. The maximum atomic E-state index is 13.6. The first kappa shape index (κ1) is 19.7. The lowest BCUT2D eigenvalue weighted by Gasteiger charge is -2.26. The molecule has 25 heavy (non-hydrogen) atoms. The molecule has 1 aliphatic heterocycles. The predicted octanol–water partition coefficient (Wildman–Crippen LogP) is 1.60. The number of benzene rings is 1. The monoisotopic (exact) mass is 391 g/mol. The van der Waals surface area contributed by atoms with Gasteiger partial charge in [0.1, 0.15) is 5.82 Å². The Morgan fingerprint density at radius 3 is 2.68 bits per heavy atom. The number of hydrogen-bond donors (Lipinski definition) is 0. The summed E-state index contributed by atoms with van der Waals surface area (Å²) in [5.41, 5.74) is 0.0100. The number of rotatable bonds is 6. The summed E-state index contributed by atoms with van der Waals surface area (Å²) >= 11 is 5.84. The first-order valence-corrected chi connectivity index (χ1v) is 10.0. The lowest BCUT2D eigenvalue weighted by atomic mass is 10.1. The fourth-order valence-electron chi connectivity index (χ4n) is 2.78. The first-order chi connectivity index (χ1) is 11.7. The number of sulfone groups is 1. The summed E-state index contributed by atoms with van der Waals surface area (Å²) in [6.07, 6.45) is -0.0105. The van der Waals surface area contributed by atoms with Crippen molar-refractivity contribution in [3.63, 3.8) is 0 Å². The molecular weight excluding hydrogens is 373 g/mol. The fourth-order valence-corrected chi connectivity index (χ4v) is 4.74. The van der Waals surface area contributed by atoms with Crippen LogP contribution in [0.1, 0.15) is 18.9 Å². The highest BCUT2D eigenvalue weighted by Gasteiger charge is 2.34. The molecule has 6 nitrogen and oxygen atoms in total. The Bertz CT molecular complexity index is 748. The number of carbonyl (C=O) groups excluding carboxylic acids is 2. The highest BCUT2D eigenvalue weighted by Crippen LogP contribution is 2.20. The van der Waals surface area contributed by atoms with Crippen molar-refractivity contribution >= 4 is 33.3 Å². The summed E-state index contributed by atoms with van der Waals surface area (Å²) in [5.74, 6) is -1.91. The van der Waals surface area contributed by atoms with E-state index in [4.69, 9.17) is 16.3 Å². The van der Waals surface area contributed by atoms with Crippen molar-refractivity contribution in [1.29, 1.82) is 0 Å². The van der Waals surface area contributed by atoms with E-state index in [1.54, 1.807) is 6.92 Å². The van der Waals surface area contributed by atoms with Crippen molar-refractivity contribution in [2.24, 2.45) is 0 Å². The third-order valence-electron chi connectivity index (χ3n) is 4.05. The van der Waals surface area contributed by atoms with Crippen LogP contribution in [0.2, 0.25) is 5.02 Å². The normalized spacial score (nSPS) is 18.8. The maximum Gasteiger partial charge on any atom is 0.310 e. The van der Waals surface area contributed by atoms with Crippen LogP contribution >= 0.6 is 11.6 Å². The molecule has 1 aromatic rings. The highest BCUT2D eigenvalue weighted by atomic mass is 35.5. The Hall–Kier alpha value is -1.67. The van der Waals surface area contributed by atoms with Crippen LogP contribution < -0.4 is 0 Å². The second-order valence-corrected chi connectivity index (χ2v) is 8.41. The molecule has 0 aromatic heterocycles. The molecule has 1 atom stereocenters. The average Bonchev–Trinajstić information content (AvgIpc) is 2.89. The summed E-state index contributed by atoms with van der Waals surface area (Å²) in [6, 6.07) is 3.66. The fraction of sp³-hybridized carbons (Fsp3) is 0.500. The van der Waals surface area contributed by atoms with Crippen LogP contribution in [0, 0.1) is 5.82 Å². The van der Waals surface area contributed by atoms with E-state index >= 15 is 0 Å². The van der Waals surface area contributed by atoms with E-state index in [9.17, 15) is 22.4 Å². The Balaban J connectivity index is 1.91. The van der Waals surface area contributed by atoms with Gasteiger partial charge in [-0.15, -0.1) is 0 Å². The predicted molar refractivity (Wildman–Crippen MR) is 90.5 cm³/mol. The maximum absolute atomic E-state index is 13.6. The van der Waals surface area contributed by atoms with E-state index in [0.717, 1.165) is 0 Å². The van der Waals surface area contributed by atoms with Gasteiger partial charge < -0.3 is 9.64 Å². The van der Waals surface area contributed by atoms with Crippen LogP contribution in [0.4, 0.5) is 4.39 Å². The van der Waals surface area contributed by atoms with Gasteiger partial charge in [0.05, 0.1) is 17.9 Å². The van der Waals surface area contributed by atoms with Crippen LogP contribution in [0.15, 0.2) is 18.2 Å². The number of esters is 1. The number of amides is 1. The molecule has 0 aliphatic carbocycles. The Kier molecular flexibility index (Phi) is 6.40. The lowest BCUT2D eigenvalue weighted by molar-refractivity contribution is -0.152. The van der Waals surface area contributed by atoms with Gasteiger partial charge in [0, 0.05) is 23.2 Å². The number of ether oxygens (including phenoxy) is 1. The van der Waals surface area contributed by atoms with Crippen LogP contribution in [0.3, 0.4) is 0 Å². The molecule has 1 heterocycles. The molecule has 0 bridgehead atoms. The van der Waals surface area contributed by atoms with Crippen molar-refractivity contribution < 1.29 is 27.1 Å². The molecule has 0 radical (unpaired) electrons. The van der Waals surface area contributed by atoms with Crippen LogP contribution in [0.25, 0.3) is 0 Å². The molecule has 1 amide bonds. The number of halogens is 2. The average molecular weight is 392 g/mol. The Morgan fingerprint density at radius 1 is 1.40 bits per heavy atom. The molecule has 2 rings (SSSR count). The summed E-state index contributed by atoms with van der Waals surface area (Å²) in [4.78, 5) is 25.5. The molecule has 1 fully saturated rings. The van der Waals surface area contributed by atoms with E-state index < -0.39 is 40.2 Å². The van der Waals surface area contributed by atoms with Crippen molar-refractivity contribution in [3.05, 3.63) is 34.6 Å². The number of carbonyl (C=O) groups is 2. The number of nitrogens with zero attached hydrogens (tertiary/aromatic N) is 1. The second kappa shape index (κ2) is 8.14. The van der Waals surface area contributed by atoms with Gasteiger partial charge >= 0.3 is 5.97 Å². The third kappa shape index (κ3) is 5.15. The van der Waals surface area contributed by atoms with Crippen LogP contribution in [-0.2, 0) is 30.6 Å². The van der Waals surface area contributed by atoms with Crippen molar-refractivity contribution in [3.8, 4) is 0 Å². The number of likely N-dealkylation sites (N-methyl/N-ethyl adjacent to an activating group) is 1. The largest absolute Gasteiger partial charge is 0.455 e. The minimum Gasteiger partial charge on any atom is -0.455 e. The molecule has 0 spiro atoms. The number of hydrogen-bond acceptors (Lipinski definition) is 5. The van der Waals surface area contributed by atoms with Gasteiger partial charge in [-0.1, -0.05) is 17.7 Å². The summed E-state index contributed by atoms with van der Waals surface area (Å²) < 4.78 is 41.6. The van der Waals surface area contributed by atoms with Gasteiger partial charge in [0.25, 0.3) is 5.91 Å². The first-order valence-electron chi connectivity index (χ1n) is 7.82. The Labute approximate surface area is 150 Å². The van der Waals surface area contributed by atoms with Crippen LogP contribution in [0.5, 0.6) is 0 Å². The summed E-state index contributed by atoms with van der Waals surface area (Å²) in [6.45, 7) is 1.52. The van der Waals surface area contributed by atoms with Crippen molar-refractivity contribution in [2.45, 2.75) is 25.8 Å². The molecule has 1 unspecified atom stereocenters. The van der Waals surface area contributed by atoms with E-state index in [2.05, 4.69) is 0 Å². The van der Waals surface area contributed by atoms with E-state index in [1.807, 2.05) is 0 Å². The van der Waals surface area contributed by atoms with E-state index in [0.29, 0.717) is 13.0 Å². The quantitative estimate of drug-likeness (QED) is 0.688. The second-order valence-electron chi connectivity index (χ2n) is 5.77. The topological polar surface area (TPSA) is 80.8 Å². The van der Waals surface area contributed by atoms with Crippen molar-refractivity contribution in [1.82, 2.24) is 4.90 Å². The van der Waals surface area contributed by atoms with Gasteiger partial charge in [0.15, 0.2) is 16.4 Å². The molecule has 138 valence electrons. The molecule has 0 N–H and O–H groups in total. The standard InChI is InChI=1S/C16H19ClFNO5S/c1-2-19(11-6-7-25(22,23)10-11)15(20)9-24-16(21)8-12-13(17)4-3-5-14(12)18/h3-5,11H,2,6-10H2,1H3. The molecule has 1 aliphatic rings. The van der Waals surface area contributed by atoms with Gasteiger partial charge in [-0.05, 0) is 25.5 Å². The minimum atomic E-state index is -3.12. The smallest absolute Gasteiger partial charge is 0.310 e. The third-order valence-corrected chi connectivity index (χ3v) is 6.15. The van der Waals surface area contributed by atoms with Gasteiger partial charge in [-0.3, -0.25) is 9.59 Å². The van der Waals surface area contributed by atoms with E-state index in [1.165, 1.54) is 23.1 Å². The lowest BCUT2D eigenvalue weighted by Crippen LogP contribution is -2.43. The zero-order chi connectivity index (χ0) is 18.6. The zero-order valence-electron chi connectivity index (χ0n) is 13.7. The van der Waals surface area contributed by atoms with Gasteiger partial charge in [-0.2, -0.15) is 0 Å². The Morgan fingerprint density at radius 2 is 2.12 bits per heavy atom. The summed E-state index contributed by atoms with van der Waals surface area (Å²) in [5, 5.41) is 0.106. The van der Waals surface area contributed by atoms with Crippen molar-refractivity contribution in [2.75, 3.05) is 24.7 Å². The van der Waals surface area contributed by atoms with Crippen LogP contribution in [-0.4, -0.2) is 55.9 Å². The minimum absolute atomic E-state index is 0.0100. The molecule has 1 saturated heterocycles. The van der Waals surface area contributed by atoms with E-state index in [-0.39, 0.29) is 28.5 Å². The summed E-state index contributed by atoms with van der Waals surface area (Å²) in [7, 11) is -3.12. The molecule has 1 aromatic carbocycles. The highest BCUT2D eigenvalue weighted by molar-refractivity contribution is 7.91. The SMILES string of the molecule is CCN(C(=O)COC(=O)Cc1c(F)cccc1Cl)C1CCS(=O)(=O)C1. The van der Waals surface area contributed by atoms with Gasteiger partial charge in [-0.25, -0.2) is 12.8 Å².